The molecule has 1 aliphatic rings. The number of anilines is 1. The van der Waals surface area contributed by atoms with E-state index in [0.717, 1.165) is 31.5 Å². The molecule has 180 valence electrons. The Labute approximate surface area is 206 Å². The number of amides is 1. The van der Waals surface area contributed by atoms with Gasteiger partial charge in [-0.3, -0.25) is 4.79 Å². The fraction of sp³-hybridized carbons (Fsp3) is 0.280. The van der Waals surface area contributed by atoms with Crippen molar-refractivity contribution >= 4 is 34.2 Å². The summed E-state index contributed by atoms with van der Waals surface area (Å²) in [6.45, 7) is 3.84. The first-order valence-electron chi connectivity index (χ1n) is 11.3. The number of hydrogen-bond acceptors (Lipinski definition) is 7. The number of aryl methyl sites for hydroxylation is 1. The minimum absolute atomic E-state index is 0.0203. The number of carbonyl (C=O) groups excluding carboxylic acids is 1. The van der Waals surface area contributed by atoms with Gasteiger partial charge in [-0.15, -0.1) is 5.10 Å². The lowest BCUT2D eigenvalue weighted by molar-refractivity contribution is 0.102. The van der Waals surface area contributed by atoms with Gasteiger partial charge in [0.05, 0.1) is 11.9 Å². The number of hydrogen-bond donors (Lipinski definition) is 1. The van der Waals surface area contributed by atoms with E-state index in [1.165, 1.54) is 10.9 Å². The van der Waals surface area contributed by atoms with Crippen LogP contribution in [0.2, 0.25) is 5.02 Å². The van der Waals surface area contributed by atoms with Crippen LogP contribution in [-0.4, -0.2) is 52.0 Å². The van der Waals surface area contributed by atoms with Crippen LogP contribution >= 0.6 is 11.6 Å². The summed E-state index contributed by atoms with van der Waals surface area (Å²) in [6, 6.07) is 12.2. The molecular weight excluding hydrogens is 470 g/mol. The van der Waals surface area contributed by atoms with E-state index in [1.807, 2.05) is 19.1 Å². The smallest absolute Gasteiger partial charge is 0.360 e. The molecule has 0 spiro atoms. The van der Waals surface area contributed by atoms with Crippen molar-refractivity contribution in [1.29, 1.82) is 0 Å². The number of likely N-dealkylation sites (tertiary alicyclic amines) is 1. The average Bonchev–Trinajstić information content (AvgIpc) is 3.34. The Morgan fingerprint density at radius 3 is 2.66 bits per heavy atom. The molecule has 0 atom stereocenters. The van der Waals surface area contributed by atoms with Gasteiger partial charge in [0.25, 0.3) is 5.91 Å². The average molecular weight is 494 g/mol. The summed E-state index contributed by atoms with van der Waals surface area (Å²) < 4.78 is 13.2. The maximum absolute atomic E-state index is 12.7. The third kappa shape index (κ3) is 4.91. The normalized spacial score (nSPS) is 14.8. The molecule has 0 radical (unpaired) electrons. The molecule has 0 bridgehead atoms. The minimum Gasteiger partial charge on any atom is -0.490 e. The standard InChI is InChI=1S/C25H24ClN5O4/c1-15-22(34-19-9-11-30(2)12-10-19)8-3-16-13-20(25(33)35-23(15)16)27-24(32)21-14-31(29-28-21)18-6-4-17(26)5-7-18/h3-8,13-14,19H,9-12H2,1-2H3,(H,27,32). The van der Waals surface area contributed by atoms with Crippen molar-refractivity contribution in [2.75, 3.05) is 25.5 Å². The zero-order chi connectivity index (χ0) is 24.5. The Morgan fingerprint density at radius 2 is 1.91 bits per heavy atom. The van der Waals surface area contributed by atoms with Gasteiger partial charge in [-0.25, -0.2) is 9.48 Å². The summed E-state index contributed by atoms with van der Waals surface area (Å²) >= 11 is 5.91. The number of nitrogens with one attached hydrogen (secondary N) is 1. The summed E-state index contributed by atoms with van der Waals surface area (Å²) in [6.07, 6.45) is 3.50. The number of benzene rings is 2. The largest absolute Gasteiger partial charge is 0.490 e. The van der Waals surface area contributed by atoms with Crippen molar-refractivity contribution in [1.82, 2.24) is 19.9 Å². The summed E-state index contributed by atoms with van der Waals surface area (Å²) in [5, 5.41) is 11.7. The molecule has 10 heteroatoms. The van der Waals surface area contributed by atoms with Crippen molar-refractivity contribution in [3.8, 4) is 11.4 Å². The lowest BCUT2D eigenvalue weighted by Crippen LogP contribution is -2.35. The lowest BCUT2D eigenvalue weighted by Gasteiger charge is -2.29. The molecule has 2 aromatic heterocycles. The van der Waals surface area contributed by atoms with Crippen molar-refractivity contribution in [2.24, 2.45) is 0 Å². The van der Waals surface area contributed by atoms with Gasteiger partial charge in [0.1, 0.15) is 23.1 Å². The molecule has 1 fully saturated rings. The first-order chi connectivity index (χ1) is 16.9. The number of ether oxygens (including phenoxy) is 1. The van der Waals surface area contributed by atoms with Crippen molar-refractivity contribution in [3.05, 3.63) is 75.4 Å². The van der Waals surface area contributed by atoms with E-state index in [2.05, 4.69) is 27.6 Å². The predicted octanol–water partition coefficient (Wildman–Crippen LogP) is 4.06. The Bertz CT molecular complexity index is 1440. The van der Waals surface area contributed by atoms with Crippen LogP contribution in [0.4, 0.5) is 5.69 Å². The number of carbonyl (C=O) groups is 1. The van der Waals surface area contributed by atoms with Crippen LogP contribution in [0.1, 0.15) is 28.9 Å². The molecule has 1 saturated heterocycles. The second kappa shape index (κ2) is 9.52. The van der Waals surface area contributed by atoms with Gasteiger partial charge >= 0.3 is 5.63 Å². The molecule has 1 amide bonds. The first kappa shape index (κ1) is 23.1. The summed E-state index contributed by atoms with van der Waals surface area (Å²) in [4.78, 5) is 27.7. The van der Waals surface area contributed by atoms with Gasteiger partial charge in [0, 0.05) is 29.1 Å². The van der Waals surface area contributed by atoms with E-state index >= 15 is 0 Å². The highest BCUT2D eigenvalue weighted by Crippen LogP contribution is 2.30. The molecule has 1 aliphatic heterocycles. The molecule has 0 unspecified atom stereocenters. The third-order valence-corrected chi connectivity index (χ3v) is 6.38. The highest BCUT2D eigenvalue weighted by Gasteiger charge is 2.20. The number of nitrogens with zero attached hydrogens (tertiary/aromatic N) is 4. The van der Waals surface area contributed by atoms with Crippen LogP contribution in [0.25, 0.3) is 16.7 Å². The van der Waals surface area contributed by atoms with Gasteiger partial charge in [-0.05, 0) is 69.3 Å². The van der Waals surface area contributed by atoms with Crippen molar-refractivity contribution in [2.45, 2.75) is 25.9 Å². The molecule has 0 aliphatic carbocycles. The maximum Gasteiger partial charge on any atom is 0.360 e. The van der Waals surface area contributed by atoms with E-state index < -0.39 is 11.5 Å². The maximum atomic E-state index is 12.7. The van der Waals surface area contributed by atoms with Gasteiger partial charge in [-0.2, -0.15) is 0 Å². The van der Waals surface area contributed by atoms with Crippen LogP contribution in [0.15, 0.2) is 57.9 Å². The van der Waals surface area contributed by atoms with Crippen LogP contribution in [-0.2, 0) is 0 Å². The van der Waals surface area contributed by atoms with E-state index in [0.29, 0.717) is 27.4 Å². The number of aromatic nitrogens is 3. The fourth-order valence-electron chi connectivity index (χ4n) is 4.08. The predicted molar refractivity (Wildman–Crippen MR) is 133 cm³/mol. The van der Waals surface area contributed by atoms with Gasteiger partial charge in [0.15, 0.2) is 5.69 Å². The molecule has 4 aromatic rings. The molecule has 9 nitrogen and oxygen atoms in total. The summed E-state index contributed by atoms with van der Waals surface area (Å²) in [5.74, 6) is 0.126. The van der Waals surface area contributed by atoms with Crippen molar-refractivity contribution < 1.29 is 13.9 Å². The third-order valence-electron chi connectivity index (χ3n) is 6.13. The highest BCUT2D eigenvalue weighted by atomic mass is 35.5. The van der Waals surface area contributed by atoms with Gasteiger partial charge in [0.2, 0.25) is 0 Å². The van der Waals surface area contributed by atoms with Crippen LogP contribution in [0, 0.1) is 6.92 Å². The van der Waals surface area contributed by atoms with Crippen LogP contribution in [0.5, 0.6) is 5.75 Å². The quantitative estimate of drug-likeness (QED) is 0.418. The van der Waals surface area contributed by atoms with Crippen molar-refractivity contribution in [3.63, 3.8) is 0 Å². The van der Waals surface area contributed by atoms with Gasteiger partial charge < -0.3 is 19.4 Å². The Kier molecular flexibility index (Phi) is 6.27. The summed E-state index contributed by atoms with van der Waals surface area (Å²) in [7, 11) is 2.10. The Morgan fingerprint density at radius 1 is 1.17 bits per heavy atom. The van der Waals surface area contributed by atoms with Crippen LogP contribution in [0.3, 0.4) is 0 Å². The SMILES string of the molecule is Cc1c(OC2CCN(C)CC2)ccc2cc(NC(=O)c3cn(-c4ccc(Cl)cc4)nn3)c(=O)oc12. The Hall–Kier alpha value is -3.69. The molecule has 35 heavy (non-hydrogen) atoms. The topological polar surface area (TPSA) is 102 Å². The second-order valence-electron chi connectivity index (χ2n) is 8.65. The molecule has 5 rings (SSSR count). The Balaban J connectivity index is 1.34. The number of piperidine rings is 1. The highest BCUT2D eigenvalue weighted by molar-refractivity contribution is 6.30. The molecule has 3 heterocycles. The monoisotopic (exact) mass is 493 g/mol. The van der Waals surface area contributed by atoms with E-state index in [9.17, 15) is 9.59 Å². The zero-order valence-corrected chi connectivity index (χ0v) is 20.1. The molecule has 1 N–H and O–H groups in total. The van der Waals surface area contributed by atoms with Crippen LogP contribution < -0.4 is 15.7 Å². The number of fused-ring (bicyclic) bond motifs is 1. The zero-order valence-electron chi connectivity index (χ0n) is 19.3. The fourth-order valence-corrected chi connectivity index (χ4v) is 4.20. The van der Waals surface area contributed by atoms with E-state index in [4.69, 9.17) is 20.8 Å². The van der Waals surface area contributed by atoms with E-state index in [-0.39, 0.29) is 17.5 Å². The minimum atomic E-state index is -0.657. The van der Waals surface area contributed by atoms with E-state index in [1.54, 1.807) is 30.3 Å². The number of rotatable bonds is 5. The summed E-state index contributed by atoms with van der Waals surface area (Å²) in [5.41, 5.74) is 1.30. The first-order valence-corrected chi connectivity index (χ1v) is 11.7. The second-order valence-corrected chi connectivity index (χ2v) is 9.09. The van der Waals surface area contributed by atoms with Gasteiger partial charge in [-0.1, -0.05) is 16.8 Å². The molecule has 0 saturated carbocycles. The number of halogens is 1. The molecular formula is C25H24ClN5O4. The molecule has 2 aromatic carbocycles. The lowest BCUT2D eigenvalue weighted by atomic mass is 10.1.